The molecule has 0 amide bonds. The van der Waals surface area contributed by atoms with E-state index in [1.54, 1.807) is 23.8 Å². The monoisotopic (exact) mass is 574 g/mol. The molecule has 0 unspecified atom stereocenters. The fraction of sp³-hybridized carbons (Fsp3) is 0.714. The van der Waals surface area contributed by atoms with E-state index >= 15 is 0 Å². The first-order chi connectivity index (χ1) is 19.1. The molecule has 0 spiro atoms. The molecule has 6 saturated carbocycles. The zero-order valence-corrected chi connectivity index (χ0v) is 23.4. The highest BCUT2D eigenvalue weighted by molar-refractivity contribution is 6.28. The lowest BCUT2D eigenvalue weighted by Gasteiger charge is -2.62. The van der Waals surface area contributed by atoms with Gasteiger partial charge in [-0.1, -0.05) is 0 Å². The number of nitrogen functional groups attached to an aromatic ring is 1. The number of hydrogen-bond donors (Lipinski definition) is 1. The molecular formula is C28H35ClN4O7. The molecule has 11 nitrogen and oxygen atoms in total. The Morgan fingerprint density at radius 2 is 1.65 bits per heavy atom. The van der Waals surface area contributed by atoms with Crippen LogP contribution in [0.15, 0.2) is 12.3 Å². The molecule has 9 rings (SSSR count). The van der Waals surface area contributed by atoms with E-state index in [0.717, 1.165) is 24.7 Å². The summed E-state index contributed by atoms with van der Waals surface area (Å²) < 4.78 is 30.2. The summed E-state index contributed by atoms with van der Waals surface area (Å²) in [5.41, 5.74) is 6.10. The van der Waals surface area contributed by atoms with Crippen molar-refractivity contribution < 1.29 is 33.3 Å². The van der Waals surface area contributed by atoms with E-state index in [9.17, 15) is 9.59 Å². The van der Waals surface area contributed by atoms with E-state index in [1.807, 2.05) is 0 Å². The van der Waals surface area contributed by atoms with Crippen LogP contribution in [0.2, 0.25) is 5.28 Å². The summed E-state index contributed by atoms with van der Waals surface area (Å²) in [6, 6.07) is 1.77. The first-order valence-electron chi connectivity index (χ1n) is 14.2. The van der Waals surface area contributed by atoms with Gasteiger partial charge < -0.3 is 34.0 Å². The Morgan fingerprint density at radius 3 is 2.25 bits per heavy atom. The van der Waals surface area contributed by atoms with Gasteiger partial charge in [0.15, 0.2) is 0 Å². The number of hydrogen-bond acceptors (Lipinski definition) is 10. The molecule has 6 aliphatic carbocycles. The average molecular weight is 575 g/mol. The molecule has 4 bridgehead atoms. The number of nitrogens with two attached hydrogens (primary N) is 1. The summed E-state index contributed by atoms with van der Waals surface area (Å²) in [6.07, 6.45) is 8.29. The molecule has 216 valence electrons. The molecule has 3 atom stereocenters. The number of carbonyl (C=O) groups excluding carboxylic acids is 2. The first-order valence-corrected chi connectivity index (χ1v) is 14.6. The molecule has 2 aromatic rings. The Kier molecular flexibility index (Phi) is 6.12. The van der Waals surface area contributed by atoms with Crippen molar-refractivity contribution in [2.24, 2.45) is 22.7 Å². The van der Waals surface area contributed by atoms with Crippen LogP contribution < -0.4 is 5.73 Å². The number of nitrogens with zero attached hydrogens (tertiary/aromatic N) is 3. The second kappa shape index (κ2) is 9.37. The Labute approximate surface area is 237 Å². The predicted molar refractivity (Wildman–Crippen MR) is 142 cm³/mol. The van der Waals surface area contributed by atoms with Gasteiger partial charge in [-0.05, 0) is 98.6 Å². The van der Waals surface area contributed by atoms with E-state index < -0.39 is 30.2 Å². The van der Waals surface area contributed by atoms with E-state index in [-0.39, 0.29) is 24.1 Å². The van der Waals surface area contributed by atoms with Crippen LogP contribution in [0.25, 0.3) is 11.0 Å². The van der Waals surface area contributed by atoms with Gasteiger partial charge in [0.25, 0.3) is 0 Å². The number of fused-ring (bicyclic) bond motifs is 1. The molecule has 40 heavy (non-hydrogen) atoms. The maximum absolute atomic E-state index is 12.7. The fourth-order valence-electron chi connectivity index (χ4n) is 7.62. The van der Waals surface area contributed by atoms with Crippen LogP contribution in [0.4, 0.5) is 15.4 Å². The van der Waals surface area contributed by atoms with Gasteiger partial charge in [0.05, 0.1) is 18.6 Å². The molecule has 12 heteroatoms. The van der Waals surface area contributed by atoms with E-state index in [4.69, 9.17) is 41.0 Å². The fourth-order valence-corrected chi connectivity index (χ4v) is 7.79. The molecule has 2 aromatic heterocycles. The Morgan fingerprint density at radius 1 is 1.02 bits per heavy atom. The number of anilines is 1. The zero-order valence-electron chi connectivity index (χ0n) is 22.6. The predicted octanol–water partition coefficient (Wildman–Crippen LogP) is 5.40. The maximum atomic E-state index is 12.7. The van der Waals surface area contributed by atoms with Gasteiger partial charge in [-0.2, -0.15) is 4.98 Å². The van der Waals surface area contributed by atoms with Gasteiger partial charge in [0.2, 0.25) is 5.28 Å². The van der Waals surface area contributed by atoms with Crippen molar-refractivity contribution in [2.45, 2.75) is 82.6 Å². The van der Waals surface area contributed by atoms with Crippen LogP contribution >= 0.6 is 11.6 Å². The van der Waals surface area contributed by atoms with Crippen molar-refractivity contribution in [3.63, 3.8) is 0 Å². The molecule has 2 N–H and O–H groups in total. The highest BCUT2D eigenvalue weighted by atomic mass is 35.5. The van der Waals surface area contributed by atoms with Gasteiger partial charge in [-0.15, -0.1) is 0 Å². The van der Waals surface area contributed by atoms with Gasteiger partial charge in [-0.3, -0.25) is 0 Å². The largest absolute Gasteiger partial charge is 0.508 e. The van der Waals surface area contributed by atoms with Gasteiger partial charge in [0.1, 0.15) is 36.0 Å². The van der Waals surface area contributed by atoms with Crippen molar-refractivity contribution >= 4 is 40.8 Å². The number of carbonyl (C=O) groups is 2. The Hall–Kier alpha value is -2.79. The third-order valence-corrected chi connectivity index (χ3v) is 10.3. The minimum absolute atomic E-state index is 0.00995. The normalized spacial score (nSPS) is 36.5. The quantitative estimate of drug-likeness (QED) is 0.290. The van der Waals surface area contributed by atoms with Gasteiger partial charge in [0, 0.05) is 12.6 Å². The van der Waals surface area contributed by atoms with Crippen molar-refractivity contribution in [2.75, 3.05) is 25.6 Å². The molecule has 1 saturated heterocycles. The first kappa shape index (κ1) is 26.1. The van der Waals surface area contributed by atoms with Crippen LogP contribution in [0.1, 0.15) is 70.9 Å². The maximum Gasteiger partial charge on any atom is 0.508 e. The summed E-state index contributed by atoms with van der Waals surface area (Å²) in [6.45, 7) is 2.22. The number of rotatable bonds is 10. The van der Waals surface area contributed by atoms with Crippen LogP contribution in [0, 0.1) is 22.7 Å². The lowest BCUT2D eigenvalue weighted by molar-refractivity contribution is -0.137. The average Bonchev–Trinajstić information content (AvgIpc) is 3.35. The lowest BCUT2D eigenvalue weighted by atomic mass is 9.43. The third kappa shape index (κ3) is 4.55. The zero-order chi connectivity index (χ0) is 27.7. The highest BCUT2D eigenvalue weighted by Crippen LogP contribution is 2.66. The van der Waals surface area contributed by atoms with E-state index in [2.05, 4.69) is 9.97 Å². The molecule has 1 aliphatic heterocycles. The summed E-state index contributed by atoms with van der Waals surface area (Å²) in [4.78, 5) is 33.5. The molecule has 0 radical (unpaired) electrons. The molecule has 7 fully saturated rings. The summed E-state index contributed by atoms with van der Waals surface area (Å²) in [5, 5.41) is 0.631. The second-order valence-corrected chi connectivity index (χ2v) is 13.3. The standard InChI is InChI=1S/C28H35ClN4O7/c1-26(15-38-24(34)36-6-3-27-9-16(10-27)11-27)19(39-25(35)37-7-4-28-12-17(13-28)14-28)8-20(40-26)33-5-2-18-21(30)31-23(29)32-22(18)33/h2,5,16-17,19-20H,3-4,6-15H2,1H3,(H2,30,31,32)/t16?,17?,19-,20+,26+,27?,28?/m0/s1. The van der Waals surface area contributed by atoms with Gasteiger partial charge >= 0.3 is 12.3 Å². The molecule has 3 heterocycles. The van der Waals surface area contributed by atoms with Crippen molar-refractivity contribution in [1.82, 2.24) is 14.5 Å². The highest BCUT2D eigenvalue weighted by Gasteiger charge is 2.56. The van der Waals surface area contributed by atoms with Crippen molar-refractivity contribution in [3.05, 3.63) is 17.5 Å². The van der Waals surface area contributed by atoms with E-state index in [0.29, 0.717) is 35.1 Å². The van der Waals surface area contributed by atoms with Crippen molar-refractivity contribution in [3.8, 4) is 0 Å². The molecular weight excluding hydrogens is 540 g/mol. The second-order valence-electron chi connectivity index (χ2n) is 13.0. The van der Waals surface area contributed by atoms with E-state index in [1.165, 1.54) is 38.5 Å². The van der Waals surface area contributed by atoms with Crippen LogP contribution in [-0.2, 0) is 23.7 Å². The van der Waals surface area contributed by atoms with Crippen LogP contribution in [0.3, 0.4) is 0 Å². The third-order valence-electron chi connectivity index (χ3n) is 10.1. The van der Waals surface area contributed by atoms with Crippen LogP contribution in [-0.4, -0.2) is 58.4 Å². The minimum Gasteiger partial charge on any atom is -0.434 e. The smallest absolute Gasteiger partial charge is 0.434 e. The topological polar surface area (TPSA) is 137 Å². The Bertz CT molecular complexity index is 1320. The SMILES string of the molecule is C[C@]1(COC(=O)OCCC23CC(C2)C3)O[C@@H](n2ccc3c(N)nc(Cl)nc32)C[C@@H]1OC(=O)OCCC12CC(C1)C2. The van der Waals surface area contributed by atoms with Crippen LogP contribution in [0.5, 0.6) is 0 Å². The summed E-state index contributed by atoms with van der Waals surface area (Å²) >= 11 is 6.07. The molecule has 7 aliphatic rings. The lowest BCUT2D eigenvalue weighted by Crippen LogP contribution is -2.52. The number of ether oxygens (including phenoxy) is 5. The summed E-state index contributed by atoms with van der Waals surface area (Å²) in [7, 11) is 0. The molecule has 0 aromatic carbocycles. The number of aromatic nitrogens is 3. The summed E-state index contributed by atoms with van der Waals surface area (Å²) in [5.74, 6) is 2.00. The van der Waals surface area contributed by atoms with Crippen molar-refractivity contribution in [1.29, 1.82) is 0 Å². The van der Waals surface area contributed by atoms with Gasteiger partial charge in [-0.25, -0.2) is 14.6 Å². The minimum atomic E-state index is -1.16. The Balaban J connectivity index is 1.00. The number of halogens is 1.